The number of hydrogen-bond acceptors (Lipinski definition) is 15. The number of benzene rings is 2. The third-order valence-corrected chi connectivity index (χ3v) is 14.1. The molecule has 0 bridgehead atoms. The fourth-order valence-corrected chi connectivity index (χ4v) is 9.23. The number of nitrogens with two attached hydrogens (primary N) is 5. The van der Waals surface area contributed by atoms with Crippen LogP contribution in [0.25, 0.3) is 0 Å². The van der Waals surface area contributed by atoms with Gasteiger partial charge in [-0.1, -0.05) is 76.6 Å². The van der Waals surface area contributed by atoms with Gasteiger partial charge in [-0.3, -0.25) is 53.1 Å². The molecule has 10 atom stereocenters. The Balaban J connectivity index is 0.00000490. The number of carbonyl (C=O) groups excluding carboxylic acids is 8. The van der Waals surface area contributed by atoms with Crippen LogP contribution in [0.2, 0.25) is 0 Å². The van der Waals surface area contributed by atoms with Crippen molar-refractivity contribution in [3.05, 3.63) is 83.9 Å². The quantitative estimate of drug-likeness (QED) is 0.0179. The molecule has 1 saturated heterocycles. The second-order valence-electron chi connectivity index (χ2n) is 21.9. The number of carboxylic acid groups (broad SMARTS) is 2. The van der Waals surface area contributed by atoms with E-state index in [0.717, 1.165) is 6.92 Å². The summed E-state index contributed by atoms with van der Waals surface area (Å²) in [6.07, 6.45) is 3.83. The first-order valence-corrected chi connectivity index (χ1v) is 29.1. The highest BCUT2D eigenvalue weighted by atomic mass is 16.4. The Morgan fingerprint density at radius 2 is 1.14 bits per heavy atom. The number of rotatable bonds is 34. The highest BCUT2D eigenvalue weighted by Crippen LogP contribution is 2.21. The predicted molar refractivity (Wildman–Crippen MR) is 326 cm³/mol. The molecule has 2 aromatic carbocycles. The number of aromatic amines is 1. The zero-order valence-electron chi connectivity index (χ0n) is 50.7. The molecule has 30 nitrogen and oxygen atoms in total. The van der Waals surface area contributed by atoms with Crippen molar-refractivity contribution < 1.29 is 63.3 Å². The summed E-state index contributed by atoms with van der Waals surface area (Å²) >= 11 is 0. The lowest BCUT2D eigenvalue weighted by molar-refractivity contribution is -0.143. The minimum atomic E-state index is -1.40. The molecule has 30 heteroatoms. The number of imidazole rings is 1. The summed E-state index contributed by atoms with van der Waals surface area (Å²) in [7, 11) is 0. The van der Waals surface area contributed by atoms with Crippen LogP contribution in [0.5, 0.6) is 5.75 Å². The molecule has 0 unspecified atom stereocenters. The SMILES string of the molecule is CC(=O)O.CC[C@H](C)[C@H](N)C(=O)N[C@@H](C)C(=O)N[C@@H](CCCN=C(N)N)C(=O)N[C@@H](CCCN=C(N)N)C(=O)N[C@@H](Cc1cnc[nH]1)C(=O)N1CCC[C@H]1C(=O)N[C@@H](Cc1ccc(O)cc1)C(=O)N[C@@H](Cc1ccccc1)C(=O)N[C@@H](CC(C)C)C(=O)O. The van der Waals surface area contributed by atoms with E-state index in [2.05, 4.69) is 57.2 Å². The van der Waals surface area contributed by atoms with Gasteiger partial charge in [-0.05, 0) is 87.0 Å². The van der Waals surface area contributed by atoms with Crippen molar-refractivity contribution in [2.24, 2.45) is 50.5 Å². The second kappa shape index (κ2) is 37.3. The molecule has 4 rings (SSSR count). The molecule has 0 radical (unpaired) electrons. The number of H-pyrrole nitrogens is 1. The lowest BCUT2D eigenvalue weighted by Gasteiger charge is -2.31. The van der Waals surface area contributed by atoms with Gasteiger partial charge in [-0.25, -0.2) is 9.78 Å². The van der Waals surface area contributed by atoms with Crippen molar-refractivity contribution in [3.8, 4) is 5.75 Å². The number of hydrogen-bond donors (Lipinski definition) is 16. The number of carboxylic acids is 2. The van der Waals surface area contributed by atoms with E-state index in [1.54, 1.807) is 63.2 Å². The summed E-state index contributed by atoms with van der Waals surface area (Å²) in [5.41, 5.74) is 29.9. The summed E-state index contributed by atoms with van der Waals surface area (Å²) < 4.78 is 0. The number of amides is 8. The Labute approximate surface area is 511 Å². The molecule has 2 heterocycles. The van der Waals surface area contributed by atoms with Gasteiger partial charge in [0.25, 0.3) is 5.97 Å². The van der Waals surface area contributed by atoms with E-state index in [4.69, 9.17) is 38.6 Å². The van der Waals surface area contributed by atoms with Gasteiger partial charge in [0.2, 0.25) is 47.3 Å². The molecule has 88 heavy (non-hydrogen) atoms. The number of carbonyl (C=O) groups is 10. The standard InChI is InChI=1S/C56H85N17O11.C2H4O2/c1-6-32(4)45(57)52(81)66-33(5)46(75)67-38(15-10-22-63-55(58)59)47(76)68-39(16-11-23-64-56(60)61)48(77)71-42(28-36-29-62-30-65-36)53(82)73-24-12-17-44(73)51(80)70-41(27-35-18-20-37(74)21-19-35)49(78)69-40(26-34-13-8-7-9-14-34)50(79)72-43(54(83)84)25-31(2)3;1-2(3)4/h7-9,13-14,18-21,29-33,38-45,74H,6,10-12,15-17,22-28,57H2,1-5H3,(H,62,65)(H,66,81)(H,67,75)(H,68,76)(H,69,78)(H,70,80)(H,71,77)(H,72,79)(H,83,84)(H4,58,59,63)(H4,60,61,64);1H3,(H,3,4)/t32-,33-,38-,39-,40-,41-,42-,43-,44-,45-;/m0./s1. The second-order valence-corrected chi connectivity index (χ2v) is 21.9. The van der Waals surface area contributed by atoms with Crippen LogP contribution < -0.4 is 65.9 Å². The van der Waals surface area contributed by atoms with Gasteiger partial charge in [0, 0.05) is 57.7 Å². The van der Waals surface area contributed by atoms with Crippen LogP contribution in [-0.4, -0.2) is 175 Å². The first-order valence-electron chi connectivity index (χ1n) is 29.1. The van der Waals surface area contributed by atoms with Crippen LogP contribution in [0.1, 0.15) is 110 Å². The first-order chi connectivity index (χ1) is 41.6. The molecule has 21 N–H and O–H groups in total. The normalized spacial score (nSPS) is 15.7. The third-order valence-electron chi connectivity index (χ3n) is 14.1. The van der Waals surface area contributed by atoms with E-state index in [-0.39, 0.29) is 107 Å². The maximum absolute atomic E-state index is 15.0. The van der Waals surface area contributed by atoms with Crippen LogP contribution in [0, 0.1) is 11.8 Å². The van der Waals surface area contributed by atoms with Crippen molar-refractivity contribution in [1.29, 1.82) is 0 Å². The van der Waals surface area contributed by atoms with E-state index in [1.807, 2.05) is 6.92 Å². The number of aliphatic imine (C=N–C) groups is 2. The van der Waals surface area contributed by atoms with E-state index < -0.39 is 114 Å². The average Bonchev–Trinajstić information content (AvgIpc) is 2.33. The van der Waals surface area contributed by atoms with Crippen LogP contribution in [-0.2, 0) is 67.2 Å². The zero-order valence-corrected chi connectivity index (χ0v) is 50.7. The minimum absolute atomic E-state index is 0.0319. The summed E-state index contributed by atoms with van der Waals surface area (Å²) in [6, 6.07) is 3.31. The van der Waals surface area contributed by atoms with Crippen LogP contribution in [0.15, 0.2) is 77.1 Å². The van der Waals surface area contributed by atoms with E-state index in [9.17, 15) is 53.4 Å². The maximum Gasteiger partial charge on any atom is 0.326 e. The molecule has 0 spiro atoms. The van der Waals surface area contributed by atoms with Gasteiger partial charge in [0.1, 0.15) is 54.1 Å². The lowest BCUT2D eigenvalue weighted by Crippen LogP contribution is -2.60. The highest BCUT2D eigenvalue weighted by molar-refractivity contribution is 5.98. The molecule has 1 fully saturated rings. The van der Waals surface area contributed by atoms with Crippen molar-refractivity contribution in [3.63, 3.8) is 0 Å². The smallest absolute Gasteiger partial charge is 0.326 e. The van der Waals surface area contributed by atoms with Gasteiger partial charge in [0.15, 0.2) is 11.9 Å². The third kappa shape index (κ3) is 26.1. The number of likely N-dealkylation sites (tertiary alicyclic amines) is 1. The van der Waals surface area contributed by atoms with Crippen molar-refractivity contribution in [2.75, 3.05) is 19.6 Å². The molecule has 8 amide bonds. The van der Waals surface area contributed by atoms with Gasteiger partial charge >= 0.3 is 5.97 Å². The monoisotopic (exact) mass is 1230 g/mol. The highest BCUT2D eigenvalue weighted by Gasteiger charge is 2.41. The fourth-order valence-electron chi connectivity index (χ4n) is 9.23. The number of nitrogens with zero attached hydrogens (tertiary/aromatic N) is 4. The topological polar surface area (TPSA) is 502 Å². The molecule has 1 aliphatic rings. The maximum atomic E-state index is 15.0. The summed E-state index contributed by atoms with van der Waals surface area (Å²) in [4.78, 5) is 151. The average molecular weight is 1230 g/mol. The summed E-state index contributed by atoms with van der Waals surface area (Å²) in [6.45, 7) is 9.93. The Hall–Kier alpha value is -9.35. The number of aromatic nitrogens is 2. The van der Waals surface area contributed by atoms with E-state index >= 15 is 0 Å². The first kappa shape index (κ1) is 72.9. The number of guanidine groups is 2. The van der Waals surface area contributed by atoms with Crippen LogP contribution >= 0.6 is 0 Å². The molecule has 1 aromatic heterocycles. The molecule has 0 aliphatic carbocycles. The number of phenolic OH excluding ortho intramolecular Hbond substituents is 1. The van der Waals surface area contributed by atoms with Crippen molar-refractivity contribution in [2.45, 2.75) is 167 Å². The van der Waals surface area contributed by atoms with Crippen molar-refractivity contribution >= 4 is 71.1 Å². The Bertz CT molecular complexity index is 2830. The Morgan fingerprint density at radius 1 is 0.648 bits per heavy atom. The van der Waals surface area contributed by atoms with Crippen molar-refractivity contribution in [1.82, 2.24) is 52.1 Å². The fraction of sp³-hybridized carbons (Fsp3) is 0.534. The summed E-state index contributed by atoms with van der Waals surface area (Å²) in [5, 5.41) is 46.3. The lowest BCUT2D eigenvalue weighted by atomic mass is 9.99. The predicted octanol–water partition coefficient (Wildman–Crippen LogP) is -1.75. The van der Waals surface area contributed by atoms with E-state index in [0.29, 0.717) is 29.7 Å². The minimum Gasteiger partial charge on any atom is -0.508 e. The number of nitrogens with one attached hydrogen (secondary N) is 8. The number of aliphatic carboxylic acids is 2. The van der Waals surface area contributed by atoms with Gasteiger partial charge in [0.05, 0.1) is 12.4 Å². The Kier molecular flexibility index (Phi) is 30.9. The largest absolute Gasteiger partial charge is 0.508 e. The molecular formula is C58H89N17O13. The van der Waals surface area contributed by atoms with Gasteiger partial charge < -0.3 is 91.1 Å². The molecule has 484 valence electrons. The Morgan fingerprint density at radius 3 is 1.64 bits per heavy atom. The number of phenols is 1. The van der Waals surface area contributed by atoms with Crippen LogP contribution in [0.4, 0.5) is 0 Å². The number of aromatic hydroxyl groups is 1. The molecule has 0 saturated carbocycles. The van der Waals surface area contributed by atoms with Gasteiger partial charge in [-0.2, -0.15) is 0 Å². The molecule has 3 aromatic rings. The summed E-state index contributed by atoms with van der Waals surface area (Å²) in [5.74, 6) is -8.87. The zero-order chi connectivity index (χ0) is 65.6. The van der Waals surface area contributed by atoms with Crippen LogP contribution in [0.3, 0.4) is 0 Å². The van der Waals surface area contributed by atoms with E-state index in [1.165, 1.54) is 36.5 Å². The molecular weight excluding hydrogens is 1140 g/mol. The molecule has 1 aliphatic heterocycles. The van der Waals surface area contributed by atoms with Gasteiger partial charge in [-0.15, -0.1) is 0 Å².